The van der Waals surface area contributed by atoms with Crippen LogP contribution in [0, 0.1) is 13.8 Å². The van der Waals surface area contributed by atoms with Gasteiger partial charge in [0.1, 0.15) is 17.1 Å². The average molecular weight is 443 g/mol. The van der Waals surface area contributed by atoms with Crippen LogP contribution in [0.15, 0.2) is 68.4 Å². The van der Waals surface area contributed by atoms with Gasteiger partial charge in [0.05, 0.1) is 36.4 Å². The Morgan fingerprint density at radius 3 is 2.55 bits per heavy atom. The van der Waals surface area contributed by atoms with Crippen LogP contribution in [0.2, 0.25) is 0 Å². The molecule has 4 aromatic rings. The molecule has 1 aliphatic heterocycles. The van der Waals surface area contributed by atoms with E-state index in [1.54, 1.807) is 23.3 Å². The monoisotopic (exact) mass is 443 g/mol. The third-order valence-corrected chi connectivity index (χ3v) is 5.99. The number of fused-ring (bicyclic) bond motifs is 2. The maximum Gasteiger partial charge on any atom is 0.291 e. The van der Waals surface area contributed by atoms with E-state index in [9.17, 15) is 9.59 Å². The van der Waals surface area contributed by atoms with Crippen LogP contribution in [-0.2, 0) is 6.54 Å². The standard InChI is InChI=1S/C27H25NO5/c1-4-11-31-19-9-7-18(8-10-19)24-23-25(29)22-17(3)13-16(2)14-21(22)33-26(23)27(30)28(24)15-20-6-5-12-32-20/h5-10,12-14,24H,4,11,15H2,1-3H3. The minimum absolute atomic E-state index is 0.0976. The molecule has 0 fully saturated rings. The van der Waals surface area contributed by atoms with Crippen molar-refractivity contribution in [1.29, 1.82) is 0 Å². The Balaban J connectivity index is 1.68. The van der Waals surface area contributed by atoms with E-state index in [1.165, 1.54) is 0 Å². The predicted molar refractivity (Wildman–Crippen MR) is 125 cm³/mol. The first-order chi connectivity index (χ1) is 16.0. The first-order valence-corrected chi connectivity index (χ1v) is 11.1. The van der Waals surface area contributed by atoms with Crippen LogP contribution in [-0.4, -0.2) is 17.4 Å². The van der Waals surface area contributed by atoms with Crippen LogP contribution in [0.25, 0.3) is 11.0 Å². The molecule has 0 saturated heterocycles. The lowest BCUT2D eigenvalue weighted by molar-refractivity contribution is 0.0701. The second-order valence-corrected chi connectivity index (χ2v) is 8.46. The number of carbonyl (C=O) groups is 1. The molecule has 0 radical (unpaired) electrons. The van der Waals surface area contributed by atoms with E-state index in [1.807, 2.05) is 50.2 Å². The van der Waals surface area contributed by atoms with Crippen LogP contribution in [0.3, 0.4) is 0 Å². The van der Waals surface area contributed by atoms with Gasteiger partial charge in [0.25, 0.3) is 5.91 Å². The Labute approximate surface area is 191 Å². The fourth-order valence-electron chi connectivity index (χ4n) is 4.56. The van der Waals surface area contributed by atoms with E-state index in [2.05, 4.69) is 6.92 Å². The lowest BCUT2D eigenvalue weighted by Gasteiger charge is -2.24. The minimum atomic E-state index is -0.584. The highest BCUT2D eigenvalue weighted by molar-refractivity contribution is 5.99. The smallest absolute Gasteiger partial charge is 0.291 e. The van der Waals surface area contributed by atoms with Crippen LogP contribution < -0.4 is 10.2 Å². The zero-order valence-corrected chi connectivity index (χ0v) is 18.9. The van der Waals surface area contributed by atoms with Gasteiger partial charge in [0.15, 0.2) is 5.43 Å². The Morgan fingerprint density at radius 2 is 1.85 bits per heavy atom. The molecule has 1 atom stereocenters. The van der Waals surface area contributed by atoms with E-state index in [4.69, 9.17) is 13.6 Å². The molecule has 1 aliphatic rings. The number of hydrogen-bond acceptors (Lipinski definition) is 5. The number of nitrogens with zero attached hydrogens (tertiary/aromatic N) is 1. The van der Waals surface area contributed by atoms with Crippen molar-refractivity contribution in [3.8, 4) is 5.75 Å². The first-order valence-electron chi connectivity index (χ1n) is 11.1. The normalized spacial score (nSPS) is 15.3. The molecule has 6 heteroatoms. The topological polar surface area (TPSA) is 72.9 Å². The van der Waals surface area contributed by atoms with Gasteiger partial charge < -0.3 is 18.5 Å². The number of amides is 1. The minimum Gasteiger partial charge on any atom is -0.494 e. The molecule has 1 unspecified atom stereocenters. The summed E-state index contributed by atoms with van der Waals surface area (Å²) in [4.78, 5) is 28.9. The summed E-state index contributed by atoms with van der Waals surface area (Å²) in [6.07, 6.45) is 2.48. The summed E-state index contributed by atoms with van der Waals surface area (Å²) < 4.78 is 17.3. The third kappa shape index (κ3) is 3.61. The fraction of sp³-hybridized carbons (Fsp3) is 0.259. The van der Waals surface area contributed by atoms with Crippen molar-refractivity contribution in [2.75, 3.05) is 6.61 Å². The van der Waals surface area contributed by atoms with Gasteiger partial charge in [0.2, 0.25) is 5.76 Å². The number of hydrogen-bond donors (Lipinski definition) is 0. The number of rotatable bonds is 6. The van der Waals surface area contributed by atoms with E-state index in [-0.39, 0.29) is 23.6 Å². The molecule has 2 aromatic carbocycles. The Hall–Kier alpha value is -3.80. The zero-order valence-electron chi connectivity index (χ0n) is 18.9. The van der Waals surface area contributed by atoms with Crippen molar-refractivity contribution in [2.24, 2.45) is 0 Å². The Bertz CT molecular complexity index is 1380. The molecule has 0 aliphatic carbocycles. The Kier molecular flexibility index (Phi) is 5.29. The lowest BCUT2D eigenvalue weighted by atomic mass is 9.97. The van der Waals surface area contributed by atoms with Crippen molar-refractivity contribution in [3.63, 3.8) is 0 Å². The fourth-order valence-corrected chi connectivity index (χ4v) is 4.56. The first kappa shape index (κ1) is 21.1. The molecule has 5 rings (SSSR count). The quantitative estimate of drug-likeness (QED) is 0.391. The summed E-state index contributed by atoms with van der Waals surface area (Å²) in [5, 5.41) is 0.514. The second-order valence-electron chi connectivity index (χ2n) is 8.46. The maximum atomic E-state index is 13.8. The predicted octanol–water partition coefficient (Wildman–Crippen LogP) is 5.54. The summed E-state index contributed by atoms with van der Waals surface area (Å²) in [6.45, 7) is 6.74. The van der Waals surface area contributed by atoms with Gasteiger partial charge in [0, 0.05) is 0 Å². The Morgan fingerprint density at radius 1 is 1.06 bits per heavy atom. The van der Waals surface area contributed by atoms with Gasteiger partial charge in [-0.25, -0.2) is 0 Å². The molecule has 2 aromatic heterocycles. The zero-order chi connectivity index (χ0) is 23.1. The summed E-state index contributed by atoms with van der Waals surface area (Å²) in [5.74, 6) is 1.16. The van der Waals surface area contributed by atoms with Gasteiger partial charge in [-0.05, 0) is 67.3 Å². The SMILES string of the molecule is CCCOc1ccc(C2c3c(oc4cc(C)cc(C)c4c3=O)C(=O)N2Cc2ccco2)cc1. The van der Waals surface area contributed by atoms with Crippen LogP contribution >= 0.6 is 0 Å². The largest absolute Gasteiger partial charge is 0.494 e. The van der Waals surface area contributed by atoms with Crippen LogP contribution in [0.5, 0.6) is 5.75 Å². The van der Waals surface area contributed by atoms with Gasteiger partial charge in [-0.3, -0.25) is 9.59 Å². The molecular formula is C27H25NO5. The molecule has 0 saturated carbocycles. The molecule has 3 heterocycles. The van der Waals surface area contributed by atoms with E-state index < -0.39 is 6.04 Å². The van der Waals surface area contributed by atoms with Crippen LogP contribution in [0.4, 0.5) is 0 Å². The summed E-state index contributed by atoms with van der Waals surface area (Å²) in [5.41, 5.74) is 3.25. The van der Waals surface area contributed by atoms with Crippen molar-refractivity contribution in [3.05, 3.63) is 98.8 Å². The number of furan rings is 1. The van der Waals surface area contributed by atoms with Gasteiger partial charge in [-0.2, -0.15) is 0 Å². The number of benzene rings is 2. The second kappa shape index (κ2) is 8.28. The van der Waals surface area contributed by atoms with E-state index in [0.717, 1.165) is 28.9 Å². The maximum absolute atomic E-state index is 13.8. The number of aryl methyl sites for hydroxylation is 2. The molecule has 6 nitrogen and oxygen atoms in total. The molecule has 0 bridgehead atoms. The van der Waals surface area contributed by atoms with Crippen molar-refractivity contribution >= 4 is 16.9 Å². The van der Waals surface area contributed by atoms with Crippen molar-refractivity contribution < 1.29 is 18.4 Å². The average Bonchev–Trinajstić information content (AvgIpc) is 3.40. The van der Waals surface area contributed by atoms with Gasteiger partial charge in [-0.1, -0.05) is 25.1 Å². The van der Waals surface area contributed by atoms with E-state index in [0.29, 0.717) is 28.9 Å². The number of carbonyl (C=O) groups excluding carboxylic acids is 1. The molecule has 33 heavy (non-hydrogen) atoms. The molecule has 0 N–H and O–H groups in total. The van der Waals surface area contributed by atoms with Crippen molar-refractivity contribution in [1.82, 2.24) is 4.90 Å². The summed E-state index contributed by atoms with van der Waals surface area (Å²) in [6, 6.07) is 14.3. The molecule has 1 amide bonds. The molecule has 168 valence electrons. The van der Waals surface area contributed by atoms with Gasteiger partial charge in [-0.15, -0.1) is 0 Å². The highest BCUT2D eigenvalue weighted by atomic mass is 16.5. The molecular weight excluding hydrogens is 418 g/mol. The summed E-state index contributed by atoms with van der Waals surface area (Å²) >= 11 is 0. The third-order valence-electron chi connectivity index (χ3n) is 5.99. The van der Waals surface area contributed by atoms with E-state index >= 15 is 0 Å². The van der Waals surface area contributed by atoms with Crippen molar-refractivity contribution in [2.45, 2.75) is 39.8 Å². The van der Waals surface area contributed by atoms with Crippen LogP contribution in [0.1, 0.15) is 58.0 Å². The summed E-state index contributed by atoms with van der Waals surface area (Å²) in [7, 11) is 0. The number of ether oxygens (including phenoxy) is 1. The molecule has 0 spiro atoms. The highest BCUT2D eigenvalue weighted by Crippen LogP contribution is 2.40. The highest BCUT2D eigenvalue weighted by Gasteiger charge is 2.43. The van der Waals surface area contributed by atoms with Gasteiger partial charge >= 0.3 is 0 Å². The lowest BCUT2D eigenvalue weighted by Crippen LogP contribution is -2.29.